The van der Waals surface area contributed by atoms with Crippen molar-refractivity contribution in [1.82, 2.24) is 10.6 Å². The van der Waals surface area contributed by atoms with Gasteiger partial charge in [0, 0.05) is 13.1 Å². The van der Waals surface area contributed by atoms with Crippen molar-refractivity contribution in [3.05, 3.63) is 35.4 Å². The lowest BCUT2D eigenvalue weighted by Crippen LogP contribution is -2.42. The van der Waals surface area contributed by atoms with Crippen molar-refractivity contribution in [3.8, 4) is 0 Å². The van der Waals surface area contributed by atoms with Gasteiger partial charge in [-0.3, -0.25) is 4.99 Å². The second-order valence-corrected chi connectivity index (χ2v) is 11.8. The molecule has 0 saturated carbocycles. The van der Waals surface area contributed by atoms with E-state index in [-0.39, 0.29) is 48.2 Å². The molecule has 0 aliphatic heterocycles. The average molecular weight is 540 g/mol. The van der Waals surface area contributed by atoms with E-state index in [1.54, 1.807) is 20.8 Å². The maximum Gasteiger partial charge on any atom is 0.191 e. The molecule has 8 heteroatoms. The smallest absolute Gasteiger partial charge is 0.191 e. The first-order valence-electron chi connectivity index (χ1n) is 9.81. The number of nitrogens with zero attached hydrogens (tertiary/aromatic N) is 1. The van der Waals surface area contributed by atoms with E-state index in [0.29, 0.717) is 12.5 Å². The molecule has 3 N–H and O–H groups in total. The molecule has 0 aliphatic rings. The Morgan fingerprint density at radius 3 is 2.07 bits per heavy atom. The number of rotatable bonds is 7. The molecule has 1 atom stereocenters. The Bertz CT molecular complexity index is 749. The molecule has 0 saturated heterocycles. The summed E-state index contributed by atoms with van der Waals surface area (Å²) in [5.74, 6) is 0.523. The molecule has 0 heterocycles. The summed E-state index contributed by atoms with van der Waals surface area (Å²) in [4.78, 5) is 4.39. The van der Waals surface area contributed by atoms with Gasteiger partial charge >= 0.3 is 0 Å². The third-order valence-electron chi connectivity index (χ3n) is 4.52. The van der Waals surface area contributed by atoms with Crippen molar-refractivity contribution in [2.75, 3.05) is 25.4 Å². The van der Waals surface area contributed by atoms with E-state index in [0.717, 1.165) is 5.56 Å². The summed E-state index contributed by atoms with van der Waals surface area (Å²) in [5.41, 5.74) is 2.09. The van der Waals surface area contributed by atoms with Crippen molar-refractivity contribution < 1.29 is 13.5 Å². The van der Waals surface area contributed by atoms with Gasteiger partial charge in [0.25, 0.3) is 0 Å². The summed E-state index contributed by atoms with van der Waals surface area (Å²) in [5, 5.41) is 16.5. The van der Waals surface area contributed by atoms with E-state index < -0.39 is 20.7 Å². The van der Waals surface area contributed by atoms with Crippen molar-refractivity contribution in [2.24, 2.45) is 4.99 Å². The molecule has 168 valence electrons. The summed E-state index contributed by atoms with van der Waals surface area (Å²) in [7, 11) is -3.19. The van der Waals surface area contributed by atoms with Crippen LogP contribution in [0, 0.1) is 0 Å². The molecule has 0 fully saturated rings. The number of aliphatic hydroxyl groups is 1. The van der Waals surface area contributed by atoms with Crippen LogP contribution in [0.5, 0.6) is 0 Å². The van der Waals surface area contributed by atoms with Gasteiger partial charge in [0.05, 0.1) is 23.1 Å². The largest absolute Gasteiger partial charge is 0.386 e. The van der Waals surface area contributed by atoms with Gasteiger partial charge < -0.3 is 15.7 Å². The van der Waals surface area contributed by atoms with Gasteiger partial charge in [-0.1, -0.05) is 45.0 Å². The van der Waals surface area contributed by atoms with Gasteiger partial charge in [-0.05, 0) is 44.2 Å². The summed E-state index contributed by atoms with van der Waals surface area (Å²) >= 11 is 0. The van der Waals surface area contributed by atoms with Crippen molar-refractivity contribution in [3.63, 3.8) is 0 Å². The Morgan fingerprint density at radius 2 is 1.62 bits per heavy atom. The van der Waals surface area contributed by atoms with E-state index in [4.69, 9.17) is 0 Å². The Labute approximate surface area is 193 Å². The highest BCUT2D eigenvalue weighted by Gasteiger charge is 2.28. The summed E-state index contributed by atoms with van der Waals surface area (Å²) < 4.78 is 23.6. The highest BCUT2D eigenvalue weighted by atomic mass is 127. The molecule has 0 spiro atoms. The molecule has 1 aromatic carbocycles. The second kappa shape index (κ2) is 11.5. The number of hydrogen-bond acceptors (Lipinski definition) is 4. The van der Waals surface area contributed by atoms with Crippen LogP contribution in [0.2, 0.25) is 0 Å². The lowest BCUT2D eigenvalue weighted by molar-refractivity contribution is 0.187. The zero-order chi connectivity index (χ0) is 21.6. The van der Waals surface area contributed by atoms with E-state index in [1.807, 2.05) is 31.2 Å². The molecule has 0 aliphatic carbocycles. The maximum atomic E-state index is 12.2. The maximum absolute atomic E-state index is 12.2. The van der Waals surface area contributed by atoms with E-state index in [9.17, 15) is 13.5 Å². The Hall–Kier alpha value is -0.870. The van der Waals surface area contributed by atoms with Gasteiger partial charge in [-0.25, -0.2) is 8.42 Å². The third kappa shape index (κ3) is 9.21. The first-order valence-corrected chi connectivity index (χ1v) is 11.5. The quantitative estimate of drug-likeness (QED) is 0.281. The predicted octanol–water partition coefficient (Wildman–Crippen LogP) is 3.40. The Kier molecular flexibility index (Phi) is 11.2. The SMILES string of the molecule is CCNC(=NCC(O)c1ccc(C(C)(C)C)cc1)NCCS(=O)(=O)C(C)(C)C.I. The number of benzene rings is 1. The normalized spacial score (nSPS) is 14.1. The molecule has 0 radical (unpaired) electrons. The molecule has 1 rings (SSSR count). The molecule has 1 aromatic rings. The van der Waals surface area contributed by atoms with Gasteiger partial charge in [-0.15, -0.1) is 24.0 Å². The summed E-state index contributed by atoms with van der Waals surface area (Å²) in [6.45, 7) is 14.6. The molecule has 1 unspecified atom stereocenters. The number of aliphatic imine (C=N–C) groups is 1. The number of sulfone groups is 1. The molecule has 0 bridgehead atoms. The fourth-order valence-corrected chi connectivity index (χ4v) is 3.42. The predicted molar refractivity (Wildman–Crippen MR) is 133 cm³/mol. The number of hydrogen-bond donors (Lipinski definition) is 3. The van der Waals surface area contributed by atoms with Crippen molar-refractivity contribution in [1.29, 1.82) is 0 Å². The lowest BCUT2D eigenvalue weighted by Gasteiger charge is -2.20. The molecule has 6 nitrogen and oxygen atoms in total. The minimum atomic E-state index is -3.19. The van der Waals surface area contributed by atoms with E-state index >= 15 is 0 Å². The van der Waals surface area contributed by atoms with Gasteiger partial charge in [0.2, 0.25) is 0 Å². The fourth-order valence-electron chi connectivity index (χ4n) is 2.44. The van der Waals surface area contributed by atoms with Crippen molar-refractivity contribution in [2.45, 2.75) is 64.7 Å². The van der Waals surface area contributed by atoms with Crippen LogP contribution in [-0.2, 0) is 15.3 Å². The number of nitrogens with one attached hydrogen (secondary N) is 2. The molecule has 0 amide bonds. The number of halogens is 1. The van der Waals surface area contributed by atoms with Crippen LogP contribution < -0.4 is 10.6 Å². The first-order chi connectivity index (χ1) is 12.8. The topological polar surface area (TPSA) is 90.8 Å². The highest BCUT2D eigenvalue weighted by Crippen LogP contribution is 2.24. The monoisotopic (exact) mass is 539 g/mol. The number of guanidine groups is 1. The van der Waals surface area contributed by atoms with Gasteiger partial charge in [0.1, 0.15) is 0 Å². The van der Waals surface area contributed by atoms with Crippen molar-refractivity contribution >= 4 is 39.8 Å². The summed E-state index contributed by atoms with van der Waals surface area (Å²) in [6, 6.07) is 7.92. The molecular weight excluding hydrogens is 501 g/mol. The van der Waals surface area contributed by atoms with E-state index in [1.165, 1.54) is 5.56 Å². The van der Waals surface area contributed by atoms with Crippen LogP contribution in [0.1, 0.15) is 65.7 Å². The van der Waals surface area contributed by atoms with Crippen LogP contribution in [0.25, 0.3) is 0 Å². The Morgan fingerprint density at radius 1 is 1.07 bits per heavy atom. The number of aliphatic hydroxyl groups excluding tert-OH is 1. The van der Waals surface area contributed by atoms with Crippen LogP contribution in [-0.4, -0.2) is 49.6 Å². The van der Waals surface area contributed by atoms with Crippen LogP contribution >= 0.6 is 24.0 Å². The first kappa shape index (κ1) is 28.1. The van der Waals surface area contributed by atoms with E-state index in [2.05, 4.69) is 36.4 Å². The average Bonchev–Trinajstić information content (AvgIpc) is 2.57. The zero-order valence-corrected chi connectivity index (χ0v) is 21.9. The van der Waals surface area contributed by atoms with Crippen LogP contribution in [0.3, 0.4) is 0 Å². The third-order valence-corrected chi connectivity index (χ3v) is 7.13. The van der Waals surface area contributed by atoms with Crippen LogP contribution in [0.4, 0.5) is 0 Å². The second-order valence-electron chi connectivity index (χ2n) is 8.97. The van der Waals surface area contributed by atoms with Gasteiger partial charge in [0.15, 0.2) is 15.8 Å². The molecule has 0 aromatic heterocycles. The fraction of sp³-hybridized carbons (Fsp3) is 0.667. The standard InChI is InChI=1S/C21H37N3O3S.HI/c1-8-22-19(23-13-14-28(26,27)21(5,6)7)24-15-18(25)16-9-11-17(12-10-16)20(2,3)4;/h9-12,18,25H,8,13-15H2,1-7H3,(H2,22,23,24);1H. The minimum Gasteiger partial charge on any atom is -0.386 e. The van der Waals surface area contributed by atoms with Gasteiger partial charge in [-0.2, -0.15) is 0 Å². The molecule has 29 heavy (non-hydrogen) atoms. The van der Waals surface area contributed by atoms with Crippen LogP contribution in [0.15, 0.2) is 29.3 Å². The lowest BCUT2D eigenvalue weighted by atomic mass is 9.86. The summed E-state index contributed by atoms with van der Waals surface area (Å²) in [6.07, 6.45) is -0.720. The minimum absolute atomic E-state index is 0. The highest BCUT2D eigenvalue weighted by molar-refractivity contribution is 14.0. The Balaban J connectivity index is 0.00000784. The zero-order valence-electron chi connectivity index (χ0n) is 18.7. The molecular formula is C21H38IN3O3S.